The smallest absolute Gasteiger partial charge is 0.355 e. The van der Waals surface area contributed by atoms with Gasteiger partial charge >= 0.3 is 5.97 Å². The molecular weight excluding hydrogens is 292 g/mol. The van der Waals surface area contributed by atoms with Crippen LogP contribution >= 0.6 is 11.3 Å². The molecule has 0 spiro atoms. The van der Waals surface area contributed by atoms with E-state index in [4.69, 9.17) is 10.2 Å². The summed E-state index contributed by atoms with van der Waals surface area (Å²) < 4.78 is 0. The van der Waals surface area contributed by atoms with Crippen molar-refractivity contribution in [2.24, 2.45) is 0 Å². The van der Waals surface area contributed by atoms with Gasteiger partial charge in [0.2, 0.25) is 0 Å². The van der Waals surface area contributed by atoms with Gasteiger partial charge in [-0.25, -0.2) is 9.78 Å². The number of carbonyl (C=O) groups excluding carboxylic acids is 1. The zero-order valence-electron chi connectivity index (χ0n) is 11.1. The minimum Gasteiger partial charge on any atom is -0.476 e. The molecule has 1 aromatic heterocycles. The van der Waals surface area contributed by atoms with E-state index in [1.54, 1.807) is 24.3 Å². The topological polar surface area (TPSA) is 99.5 Å². The average molecular weight is 306 g/mol. The maximum absolute atomic E-state index is 11.9. The van der Waals surface area contributed by atoms with E-state index in [2.05, 4.69) is 10.3 Å². The number of amides is 1. The van der Waals surface area contributed by atoms with E-state index < -0.39 is 5.97 Å². The van der Waals surface area contributed by atoms with Crippen molar-refractivity contribution in [1.29, 1.82) is 0 Å². The summed E-state index contributed by atoms with van der Waals surface area (Å²) >= 11 is 1.26. The number of carbonyl (C=O) groups is 2. The largest absolute Gasteiger partial charge is 0.476 e. The summed E-state index contributed by atoms with van der Waals surface area (Å²) in [5.74, 6) is -1.26. The highest BCUT2D eigenvalue weighted by Gasteiger charge is 2.09. The van der Waals surface area contributed by atoms with E-state index in [1.165, 1.54) is 16.7 Å². The summed E-state index contributed by atoms with van der Waals surface area (Å²) in [6.45, 7) is 0.324. The number of benzene rings is 1. The predicted octanol–water partition coefficient (Wildman–Crippen LogP) is 1.31. The summed E-state index contributed by atoms with van der Waals surface area (Å²) in [6.07, 6.45) is 0.485. The normalized spacial score (nSPS) is 10.3. The molecule has 3 N–H and O–H groups in total. The van der Waals surface area contributed by atoms with E-state index >= 15 is 0 Å². The summed E-state index contributed by atoms with van der Waals surface area (Å²) in [5.41, 5.74) is 1.29. The van der Waals surface area contributed by atoms with Gasteiger partial charge in [0, 0.05) is 23.9 Å². The third kappa shape index (κ3) is 4.11. The Morgan fingerprint density at radius 2 is 1.95 bits per heavy atom. The van der Waals surface area contributed by atoms with Crippen molar-refractivity contribution < 1.29 is 19.8 Å². The van der Waals surface area contributed by atoms with Crippen LogP contribution in [0.15, 0.2) is 29.6 Å². The third-order valence-electron chi connectivity index (χ3n) is 2.79. The lowest BCUT2D eigenvalue weighted by molar-refractivity contribution is 0.0690. The number of carboxylic acid groups (broad SMARTS) is 1. The first kappa shape index (κ1) is 15.1. The second-order valence-electron chi connectivity index (χ2n) is 4.29. The van der Waals surface area contributed by atoms with Crippen LogP contribution < -0.4 is 5.32 Å². The maximum atomic E-state index is 11.9. The first-order valence-electron chi connectivity index (χ1n) is 6.26. The molecule has 0 saturated heterocycles. The highest BCUT2D eigenvalue weighted by atomic mass is 32.1. The molecule has 0 saturated carbocycles. The van der Waals surface area contributed by atoms with Crippen LogP contribution in [0.5, 0.6) is 0 Å². The summed E-state index contributed by atoms with van der Waals surface area (Å²) in [5, 5.41) is 22.6. The van der Waals surface area contributed by atoms with E-state index in [0.29, 0.717) is 23.5 Å². The number of aliphatic hydroxyl groups is 1. The molecule has 0 fully saturated rings. The zero-order valence-corrected chi connectivity index (χ0v) is 11.9. The molecule has 7 heteroatoms. The fourth-order valence-electron chi connectivity index (χ4n) is 1.67. The molecule has 0 aliphatic carbocycles. The Morgan fingerprint density at radius 1 is 1.24 bits per heavy atom. The Kier molecular flexibility index (Phi) is 5.02. The van der Waals surface area contributed by atoms with Crippen molar-refractivity contribution in [3.05, 3.63) is 51.5 Å². The molecule has 0 bridgehead atoms. The Hall–Kier alpha value is -2.25. The van der Waals surface area contributed by atoms with E-state index in [1.807, 2.05) is 0 Å². The summed E-state index contributed by atoms with van der Waals surface area (Å²) in [6, 6.07) is 6.67. The number of carboxylic acids is 1. The number of thiazole rings is 1. The lowest BCUT2D eigenvalue weighted by Crippen LogP contribution is -2.25. The van der Waals surface area contributed by atoms with Crippen molar-refractivity contribution in [3.63, 3.8) is 0 Å². The second-order valence-corrected chi connectivity index (χ2v) is 5.24. The van der Waals surface area contributed by atoms with Gasteiger partial charge < -0.3 is 15.5 Å². The molecule has 110 valence electrons. The Balaban J connectivity index is 1.84. The fourth-order valence-corrected chi connectivity index (χ4v) is 2.44. The lowest BCUT2D eigenvalue weighted by Gasteiger charge is -2.04. The molecule has 0 atom stereocenters. The van der Waals surface area contributed by atoms with Crippen molar-refractivity contribution in [3.8, 4) is 0 Å². The number of aromatic carboxylic acids is 1. The van der Waals surface area contributed by atoms with Crippen LogP contribution in [-0.2, 0) is 13.0 Å². The van der Waals surface area contributed by atoms with Gasteiger partial charge in [0.05, 0.1) is 11.6 Å². The monoisotopic (exact) mass is 306 g/mol. The summed E-state index contributed by atoms with van der Waals surface area (Å²) in [7, 11) is 0. The quantitative estimate of drug-likeness (QED) is 0.747. The van der Waals surface area contributed by atoms with Crippen LogP contribution in [0.2, 0.25) is 0 Å². The van der Waals surface area contributed by atoms with Gasteiger partial charge in [0.25, 0.3) is 5.91 Å². The molecule has 2 aromatic rings. The number of aliphatic hydroxyl groups excluding tert-OH is 1. The van der Waals surface area contributed by atoms with Crippen molar-refractivity contribution >= 4 is 23.2 Å². The molecule has 0 radical (unpaired) electrons. The number of hydrogen-bond acceptors (Lipinski definition) is 5. The van der Waals surface area contributed by atoms with Crippen LogP contribution in [0.4, 0.5) is 0 Å². The number of rotatable bonds is 6. The highest BCUT2D eigenvalue weighted by Crippen LogP contribution is 2.10. The van der Waals surface area contributed by atoms with Crippen LogP contribution in [0.3, 0.4) is 0 Å². The highest BCUT2D eigenvalue weighted by molar-refractivity contribution is 7.09. The van der Waals surface area contributed by atoms with Crippen molar-refractivity contribution in [2.75, 3.05) is 6.54 Å². The van der Waals surface area contributed by atoms with Gasteiger partial charge in [-0.05, 0) is 17.7 Å². The third-order valence-corrected chi connectivity index (χ3v) is 3.70. The average Bonchev–Trinajstić information content (AvgIpc) is 2.96. The van der Waals surface area contributed by atoms with Crippen LogP contribution in [0, 0.1) is 0 Å². The number of aromatic nitrogens is 1. The molecule has 6 nitrogen and oxygen atoms in total. The van der Waals surface area contributed by atoms with Crippen LogP contribution in [0.25, 0.3) is 0 Å². The Labute approximate surface area is 125 Å². The summed E-state index contributed by atoms with van der Waals surface area (Å²) in [4.78, 5) is 26.5. The van der Waals surface area contributed by atoms with Gasteiger partial charge in [-0.15, -0.1) is 11.3 Å². The Morgan fingerprint density at radius 3 is 2.52 bits per heavy atom. The first-order chi connectivity index (χ1) is 10.1. The van der Waals surface area contributed by atoms with E-state index in [-0.39, 0.29) is 18.2 Å². The molecule has 0 unspecified atom stereocenters. The van der Waals surface area contributed by atoms with Crippen molar-refractivity contribution in [1.82, 2.24) is 10.3 Å². The second kappa shape index (κ2) is 6.96. The van der Waals surface area contributed by atoms with Crippen LogP contribution in [0.1, 0.15) is 31.4 Å². The van der Waals surface area contributed by atoms with E-state index in [0.717, 1.165) is 5.56 Å². The van der Waals surface area contributed by atoms with Gasteiger partial charge in [-0.3, -0.25) is 4.79 Å². The molecule has 21 heavy (non-hydrogen) atoms. The van der Waals surface area contributed by atoms with Gasteiger partial charge in [0.1, 0.15) is 0 Å². The fraction of sp³-hybridized carbons (Fsp3) is 0.214. The number of nitrogens with zero attached hydrogens (tertiary/aromatic N) is 1. The maximum Gasteiger partial charge on any atom is 0.355 e. The number of hydrogen-bond donors (Lipinski definition) is 3. The van der Waals surface area contributed by atoms with Gasteiger partial charge in [-0.1, -0.05) is 12.1 Å². The minimum absolute atomic E-state index is 0.0286. The predicted molar refractivity (Wildman–Crippen MR) is 77.5 cm³/mol. The SMILES string of the molecule is O=C(NCCc1nc(C(=O)O)cs1)c1ccc(CO)cc1. The van der Waals surface area contributed by atoms with Crippen LogP contribution in [-0.4, -0.2) is 33.6 Å². The molecule has 2 rings (SSSR count). The molecule has 1 aromatic carbocycles. The molecule has 1 amide bonds. The molecule has 0 aliphatic heterocycles. The lowest BCUT2D eigenvalue weighted by atomic mass is 10.1. The zero-order chi connectivity index (χ0) is 15.2. The molecular formula is C14H14N2O4S. The van der Waals surface area contributed by atoms with Gasteiger partial charge in [0.15, 0.2) is 5.69 Å². The standard InChI is InChI=1S/C14H14N2O4S/c17-7-9-1-3-10(4-2-9)13(18)15-6-5-12-16-11(8-21-12)14(19)20/h1-4,8,17H,5-7H2,(H,15,18)(H,19,20). The number of nitrogens with one attached hydrogen (secondary N) is 1. The van der Waals surface area contributed by atoms with E-state index in [9.17, 15) is 9.59 Å². The minimum atomic E-state index is -1.05. The molecule has 1 heterocycles. The Bertz CT molecular complexity index is 637. The van der Waals surface area contributed by atoms with Crippen molar-refractivity contribution in [2.45, 2.75) is 13.0 Å². The first-order valence-corrected chi connectivity index (χ1v) is 7.14. The molecule has 0 aliphatic rings. The van der Waals surface area contributed by atoms with Gasteiger partial charge in [-0.2, -0.15) is 0 Å².